The van der Waals surface area contributed by atoms with Gasteiger partial charge in [-0.15, -0.1) is 0 Å². The molecule has 2 aliphatic carbocycles. The minimum absolute atomic E-state index is 0.920. The summed E-state index contributed by atoms with van der Waals surface area (Å²) in [5.74, 6) is 0. The molecular weight excluding hydrogens is 428 g/mol. The molecule has 0 bridgehead atoms. The number of fused-ring (bicyclic) bond motifs is 16. The van der Waals surface area contributed by atoms with Crippen molar-refractivity contribution < 1.29 is 0 Å². The lowest BCUT2D eigenvalue weighted by molar-refractivity contribution is 1.22. The van der Waals surface area contributed by atoms with Crippen LogP contribution < -0.4 is 0 Å². The highest BCUT2D eigenvalue weighted by atomic mass is 15.0. The summed E-state index contributed by atoms with van der Waals surface area (Å²) in [6.07, 6.45) is 7.58. The highest BCUT2D eigenvalue weighted by Crippen LogP contribution is 2.50. The summed E-state index contributed by atoms with van der Waals surface area (Å²) >= 11 is 0. The average molecular weight is 447 g/mol. The number of hydrogen-bond donors (Lipinski definition) is 0. The first-order valence-electron chi connectivity index (χ1n) is 12.0. The van der Waals surface area contributed by atoms with Gasteiger partial charge in [-0.05, 0) is 75.2 Å². The monoisotopic (exact) mass is 446 g/mol. The van der Waals surface area contributed by atoms with Crippen LogP contribution in [0, 0.1) is 0 Å². The number of aromatic nitrogens is 4. The van der Waals surface area contributed by atoms with Gasteiger partial charge >= 0.3 is 0 Å². The molecule has 4 heteroatoms. The molecule has 3 aromatic carbocycles. The topological polar surface area (TPSA) is 43.1 Å². The zero-order valence-electron chi connectivity index (χ0n) is 18.8. The zero-order chi connectivity index (χ0) is 22.7. The lowest BCUT2D eigenvalue weighted by Gasteiger charge is -2.11. The van der Waals surface area contributed by atoms with Crippen LogP contribution in [0.5, 0.6) is 0 Å². The van der Waals surface area contributed by atoms with E-state index in [0.717, 1.165) is 45.8 Å². The van der Waals surface area contributed by atoms with Crippen molar-refractivity contribution in [1.29, 1.82) is 0 Å². The van der Waals surface area contributed by atoms with Crippen LogP contribution in [0.4, 0.5) is 0 Å². The normalized spacial score (nSPS) is 13.5. The predicted octanol–water partition coefficient (Wildman–Crippen LogP) is 6.73. The van der Waals surface area contributed by atoms with Gasteiger partial charge in [-0.3, -0.25) is 14.4 Å². The molecule has 4 aromatic heterocycles. The molecule has 7 aromatic rings. The Morgan fingerprint density at radius 1 is 0.686 bits per heavy atom. The summed E-state index contributed by atoms with van der Waals surface area (Å²) in [6, 6.07) is 24.2. The van der Waals surface area contributed by atoms with Gasteiger partial charge in [-0.2, -0.15) is 0 Å². The van der Waals surface area contributed by atoms with Crippen molar-refractivity contribution in [2.24, 2.45) is 0 Å². The molecule has 0 saturated carbocycles. The van der Waals surface area contributed by atoms with Crippen molar-refractivity contribution in [1.82, 2.24) is 19.4 Å². The molecule has 35 heavy (non-hydrogen) atoms. The Morgan fingerprint density at radius 3 is 2.54 bits per heavy atom. The van der Waals surface area contributed by atoms with Crippen molar-refractivity contribution in [3.05, 3.63) is 108 Å². The van der Waals surface area contributed by atoms with Crippen molar-refractivity contribution in [3.63, 3.8) is 0 Å². The number of nitrogens with zero attached hydrogens (tertiary/aromatic N) is 4. The minimum Gasteiger partial charge on any atom is -0.291 e. The molecule has 9 rings (SSSR count). The van der Waals surface area contributed by atoms with E-state index < -0.39 is 0 Å². The van der Waals surface area contributed by atoms with Crippen LogP contribution in [0.25, 0.3) is 60.7 Å². The van der Waals surface area contributed by atoms with Gasteiger partial charge in [0.25, 0.3) is 0 Å². The van der Waals surface area contributed by atoms with Gasteiger partial charge in [-0.25, -0.2) is 4.98 Å². The van der Waals surface area contributed by atoms with Gasteiger partial charge in [0, 0.05) is 35.8 Å². The number of rotatable bonds is 0. The third-order valence-corrected chi connectivity index (χ3v) is 7.95. The second-order valence-corrected chi connectivity index (χ2v) is 9.67. The summed E-state index contributed by atoms with van der Waals surface area (Å²) < 4.78 is 2.34. The minimum atomic E-state index is 0.920. The Balaban J connectivity index is 1.45. The first-order chi connectivity index (χ1) is 17.4. The maximum atomic E-state index is 5.14. The maximum Gasteiger partial charge on any atom is 0.147 e. The second-order valence-electron chi connectivity index (χ2n) is 9.67. The fraction of sp³-hybridized carbons (Fsp3) is 0.0645. The number of pyridine rings is 3. The molecular formula is C31H18N4. The molecule has 162 valence electrons. The Morgan fingerprint density at radius 2 is 1.57 bits per heavy atom. The van der Waals surface area contributed by atoms with Crippen molar-refractivity contribution >= 4 is 38.5 Å². The fourth-order valence-corrected chi connectivity index (χ4v) is 6.54. The van der Waals surface area contributed by atoms with Crippen LogP contribution in [0.2, 0.25) is 0 Å². The highest BCUT2D eigenvalue weighted by Gasteiger charge is 2.30. The fourth-order valence-electron chi connectivity index (χ4n) is 6.54. The SMILES string of the molecule is c1ccc2c(c1)Cc1ccc3c(c1-2)-c1ccc2nc4c5cccnc5c5cnccc5n4c2c1C3. The summed E-state index contributed by atoms with van der Waals surface area (Å²) in [7, 11) is 0. The Labute approximate surface area is 200 Å². The third-order valence-electron chi connectivity index (χ3n) is 7.95. The predicted molar refractivity (Wildman–Crippen MR) is 140 cm³/mol. The van der Waals surface area contributed by atoms with Gasteiger partial charge in [0.1, 0.15) is 5.65 Å². The number of benzene rings is 3. The van der Waals surface area contributed by atoms with E-state index in [0.29, 0.717) is 0 Å². The molecule has 0 N–H and O–H groups in total. The molecule has 0 amide bonds. The van der Waals surface area contributed by atoms with Crippen molar-refractivity contribution in [2.45, 2.75) is 12.8 Å². The van der Waals surface area contributed by atoms with Crippen LogP contribution in [0.15, 0.2) is 85.3 Å². The molecule has 0 fully saturated rings. The molecule has 0 spiro atoms. The van der Waals surface area contributed by atoms with Crippen LogP contribution in [-0.4, -0.2) is 19.4 Å². The average Bonchev–Trinajstić information content (AvgIpc) is 3.59. The smallest absolute Gasteiger partial charge is 0.147 e. The Kier molecular flexibility index (Phi) is 3.11. The van der Waals surface area contributed by atoms with E-state index in [-0.39, 0.29) is 0 Å². The quantitative estimate of drug-likeness (QED) is 0.243. The molecule has 2 aliphatic rings. The van der Waals surface area contributed by atoms with Gasteiger partial charge in [0.05, 0.1) is 22.1 Å². The van der Waals surface area contributed by atoms with E-state index in [9.17, 15) is 0 Å². The molecule has 0 saturated heterocycles. The van der Waals surface area contributed by atoms with E-state index in [1.807, 2.05) is 24.7 Å². The second kappa shape index (κ2) is 6.10. The number of imidazole rings is 1. The molecule has 0 unspecified atom stereocenters. The standard InChI is InChI=1S/C31H18N4/c1-2-5-20-17(4-1)14-18-7-8-19-15-23-21(28(19)27(18)20)9-10-25-30(23)35-26-11-13-32-16-24(26)29-22(31(35)34-25)6-3-12-33-29/h1-13,16H,14-15H2. The molecule has 0 aliphatic heterocycles. The van der Waals surface area contributed by atoms with Gasteiger partial charge < -0.3 is 0 Å². The summed E-state index contributed by atoms with van der Waals surface area (Å²) in [5.41, 5.74) is 16.5. The Hall–Kier alpha value is -4.57. The van der Waals surface area contributed by atoms with E-state index in [4.69, 9.17) is 9.97 Å². The van der Waals surface area contributed by atoms with Crippen LogP contribution >= 0.6 is 0 Å². The van der Waals surface area contributed by atoms with Crippen molar-refractivity contribution in [2.75, 3.05) is 0 Å². The first-order valence-corrected chi connectivity index (χ1v) is 12.0. The summed E-state index contributed by atoms with van der Waals surface area (Å²) in [5, 5.41) is 2.11. The van der Waals surface area contributed by atoms with Crippen LogP contribution in [0.3, 0.4) is 0 Å². The molecule has 0 radical (unpaired) electrons. The Bertz CT molecular complexity index is 2070. The number of hydrogen-bond acceptors (Lipinski definition) is 3. The van der Waals surface area contributed by atoms with Gasteiger partial charge in [0.2, 0.25) is 0 Å². The lowest BCUT2D eigenvalue weighted by atomic mass is 9.94. The van der Waals surface area contributed by atoms with E-state index in [1.54, 1.807) is 0 Å². The van der Waals surface area contributed by atoms with E-state index in [2.05, 4.69) is 70.0 Å². The molecule has 4 heterocycles. The van der Waals surface area contributed by atoms with E-state index in [1.165, 1.54) is 50.0 Å². The van der Waals surface area contributed by atoms with E-state index >= 15 is 0 Å². The summed E-state index contributed by atoms with van der Waals surface area (Å²) in [6.45, 7) is 0. The summed E-state index contributed by atoms with van der Waals surface area (Å²) in [4.78, 5) is 14.3. The largest absolute Gasteiger partial charge is 0.291 e. The molecule has 0 atom stereocenters. The van der Waals surface area contributed by atoms with Gasteiger partial charge in [-0.1, -0.05) is 42.5 Å². The first kappa shape index (κ1) is 17.8. The van der Waals surface area contributed by atoms with Gasteiger partial charge in [0.15, 0.2) is 0 Å². The highest BCUT2D eigenvalue weighted by molar-refractivity contribution is 6.12. The van der Waals surface area contributed by atoms with Crippen LogP contribution in [-0.2, 0) is 12.8 Å². The maximum absolute atomic E-state index is 5.14. The van der Waals surface area contributed by atoms with Crippen molar-refractivity contribution in [3.8, 4) is 22.3 Å². The van der Waals surface area contributed by atoms with Crippen LogP contribution in [0.1, 0.15) is 22.3 Å². The zero-order valence-corrected chi connectivity index (χ0v) is 18.8. The third kappa shape index (κ3) is 2.11. The molecule has 4 nitrogen and oxygen atoms in total. The lowest BCUT2D eigenvalue weighted by Crippen LogP contribution is -1.95.